The Bertz CT molecular complexity index is 1010. The van der Waals surface area contributed by atoms with Crippen molar-refractivity contribution in [1.29, 1.82) is 0 Å². The smallest absolute Gasteiger partial charge is 0.267 e. The van der Waals surface area contributed by atoms with Crippen LogP contribution in [0.1, 0.15) is 32.0 Å². The summed E-state index contributed by atoms with van der Waals surface area (Å²) < 4.78 is 15.6. The number of carbonyl (C=O) groups is 2. The number of halogens is 2. The van der Waals surface area contributed by atoms with E-state index in [0.717, 1.165) is 4.90 Å². The summed E-state index contributed by atoms with van der Waals surface area (Å²) in [5.74, 6) is -1.06. The number of amides is 2. The molecule has 26 heavy (non-hydrogen) atoms. The SMILES string of the molecule is Cc1cc(N2C(=O)c3ccccc3C2=O)nn1Cc1c(F)cccc1Cl. The first kappa shape index (κ1) is 16.5. The Morgan fingerprint density at radius 2 is 1.69 bits per heavy atom. The van der Waals surface area contributed by atoms with Gasteiger partial charge in [-0.05, 0) is 31.2 Å². The van der Waals surface area contributed by atoms with Gasteiger partial charge in [0, 0.05) is 22.3 Å². The van der Waals surface area contributed by atoms with Crippen molar-refractivity contribution in [2.75, 3.05) is 4.90 Å². The van der Waals surface area contributed by atoms with E-state index in [1.807, 2.05) is 0 Å². The number of aromatic nitrogens is 2. The van der Waals surface area contributed by atoms with Gasteiger partial charge in [0.15, 0.2) is 5.82 Å². The largest absolute Gasteiger partial charge is 0.268 e. The third kappa shape index (κ3) is 2.50. The van der Waals surface area contributed by atoms with Gasteiger partial charge in [-0.15, -0.1) is 0 Å². The maximum atomic E-state index is 14.0. The Hall–Kier alpha value is -2.99. The fourth-order valence-electron chi connectivity index (χ4n) is 2.99. The van der Waals surface area contributed by atoms with Crippen LogP contribution in [0.2, 0.25) is 5.02 Å². The zero-order valence-corrected chi connectivity index (χ0v) is 14.5. The fourth-order valence-corrected chi connectivity index (χ4v) is 3.22. The van der Waals surface area contributed by atoms with E-state index in [1.165, 1.54) is 16.8 Å². The molecule has 7 heteroatoms. The average Bonchev–Trinajstić information content (AvgIpc) is 3.09. The lowest BCUT2D eigenvalue weighted by atomic mass is 10.1. The van der Waals surface area contributed by atoms with Crippen molar-refractivity contribution in [3.8, 4) is 0 Å². The van der Waals surface area contributed by atoms with Gasteiger partial charge in [-0.2, -0.15) is 5.10 Å². The highest BCUT2D eigenvalue weighted by molar-refractivity contribution is 6.34. The Morgan fingerprint density at radius 3 is 2.31 bits per heavy atom. The van der Waals surface area contributed by atoms with Crippen LogP contribution >= 0.6 is 11.6 Å². The van der Waals surface area contributed by atoms with Gasteiger partial charge in [-0.25, -0.2) is 9.29 Å². The molecule has 130 valence electrons. The normalized spacial score (nSPS) is 13.4. The van der Waals surface area contributed by atoms with Gasteiger partial charge in [0.05, 0.1) is 17.7 Å². The minimum absolute atomic E-state index is 0.0977. The minimum Gasteiger partial charge on any atom is -0.268 e. The first-order valence-electron chi connectivity index (χ1n) is 7.92. The molecule has 2 aromatic carbocycles. The molecule has 5 nitrogen and oxygen atoms in total. The van der Waals surface area contributed by atoms with Gasteiger partial charge in [0.1, 0.15) is 5.82 Å². The highest BCUT2D eigenvalue weighted by Gasteiger charge is 2.37. The molecule has 4 rings (SSSR count). The summed E-state index contributed by atoms with van der Waals surface area (Å²) in [4.78, 5) is 26.2. The number of imide groups is 1. The van der Waals surface area contributed by atoms with Crippen LogP contribution < -0.4 is 4.90 Å². The van der Waals surface area contributed by atoms with E-state index in [-0.39, 0.29) is 12.4 Å². The summed E-state index contributed by atoms with van der Waals surface area (Å²) >= 11 is 6.07. The molecule has 1 aliphatic rings. The zero-order chi connectivity index (χ0) is 18.4. The molecular formula is C19H13ClFN3O2. The molecule has 0 unspecified atom stereocenters. The van der Waals surface area contributed by atoms with Gasteiger partial charge in [0.25, 0.3) is 11.8 Å². The van der Waals surface area contributed by atoms with Crippen LogP contribution in [0.5, 0.6) is 0 Å². The average molecular weight is 370 g/mol. The second kappa shape index (κ2) is 6.07. The molecule has 0 spiro atoms. The number of rotatable bonds is 3. The summed E-state index contributed by atoms with van der Waals surface area (Å²) in [6, 6.07) is 12.7. The van der Waals surface area contributed by atoms with E-state index >= 15 is 0 Å². The van der Waals surface area contributed by atoms with Crippen LogP contribution in [0.4, 0.5) is 10.2 Å². The molecule has 3 aromatic rings. The van der Waals surface area contributed by atoms with Gasteiger partial charge < -0.3 is 0 Å². The highest BCUT2D eigenvalue weighted by atomic mass is 35.5. The topological polar surface area (TPSA) is 55.2 Å². The van der Waals surface area contributed by atoms with Crippen LogP contribution in [-0.2, 0) is 6.54 Å². The number of hydrogen-bond donors (Lipinski definition) is 0. The number of carbonyl (C=O) groups excluding carboxylic acids is 2. The van der Waals surface area contributed by atoms with Gasteiger partial charge in [0.2, 0.25) is 0 Å². The van der Waals surface area contributed by atoms with Crippen molar-refractivity contribution in [3.05, 3.63) is 81.8 Å². The first-order chi connectivity index (χ1) is 12.5. The fraction of sp³-hybridized carbons (Fsp3) is 0.105. The molecule has 0 N–H and O–H groups in total. The predicted molar refractivity (Wildman–Crippen MR) is 95.1 cm³/mol. The van der Waals surface area contributed by atoms with Gasteiger partial charge in [-0.1, -0.05) is 29.8 Å². The predicted octanol–water partition coefficient (Wildman–Crippen LogP) is 3.83. The molecule has 0 radical (unpaired) electrons. The third-order valence-electron chi connectivity index (χ3n) is 4.36. The van der Waals surface area contributed by atoms with Crippen molar-refractivity contribution in [2.24, 2.45) is 0 Å². The van der Waals surface area contributed by atoms with Crippen molar-refractivity contribution in [2.45, 2.75) is 13.5 Å². The van der Waals surface area contributed by atoms with Crippen LogP contribution in [0.25, 0.3) is 0 Å². The van der Waals surface area contributed by atoms with E-state index in [0.29, 0.717) is 27.4 Å². The van der Waals surface area contributed by atoms with Crippen LogP contribution in [0.3, 0.4) is 0 Å². The van der Waals surface area contributed by atoms with Crippen molar-refractivity contribution in [1.82, 2.24) is 9.78 Å². The molecule has 0 bridgehead atoms. The highest BCUT2D eigenvalue weighted by Crippen LogP contribution is 2.28. The van der Waals surface area contributed by atoms with E-state index < -0.39 is 17.6 Å². The monoisotopic (exact) mass is 369 g/mol. The molecule has 0 aliphatic carbocycles. The van der Waals surface area contributed by atoms with E-state index in [1.54, 1.807) is 43.3 Å². The quantitative estimate of drug-likeness (QED) is 0.659. The molecular weight excluding hydrogens is 357 g/mol. The first-order valence-corrected chi connectivity index (χ1v) is 8.30. The molecule has 0 atom stereocenters. The Labute approximate surface area is 153 Å². The number of hydrogen-bond acceptors (Lipinski definition) is 3. The zero-order valence-electron chi connectivity index (χ0n) is 13.7. The van der Waals surface area contributed by atoms with Crippen LogP contribution in [0, 0.1) is 12.7 Å². The second-order valence-electron chi connectivity index (χ2n) is 5.99. The maximum Gasteiger partial charge on any atom is 0.267 e. The lowest BCUT2D eigenvalue weighted by Gasteiger charge is -2.10. The van der Waals surface area contributed by atoms with Gasteiger partial charge in [-0.3, -0.25) is 14.3 Å². The van der Waals surface area contributed by atoms with Crippen molar-refractivity contribution < 1.29 is 14.0 Å². The van der Waals surface area contributed by atoms with Crippen molar-refractivity contribution >= 4 is 29.2 Å². The number of benzene rings is 2. The van der Waals surface area contributed by atoms with Crippen molar-refractivity contribution in [3.63, 3.8) is 0 Å². The Balaban J connectivity index is 1.70. The molecule has 1 aliphatic heterocycles. The van der Waals surface area contributed by atoms with E-state index in [9.17, 15) is 14.0 Å². The summed E-state index contributed by atoms with van der Waals surface area (Å²) in [6.07, 6.45) is 0. The lowest BCUT2D eigenvalue weighted by molar-refractivity contribution is 0.0925. The summed E-state index contributed by atoms with van der Waals surface area (Å²) in [5, 5.41) is 4.62. The standard InChI is InChI=1S/C19H13ClFN3O2/c1-11-9-17(22-23(11)10-14-15(20)7-4-8-16(14)21)24-18(25)12-5-2-3-6-13(12)19(24)26/h2-9H,10H2,1H3. The number of nitrogens with zero attached hydrogens (tertiary/aromatic N) is 3. The minimum atomic E-state index is -0.435. The summed E-state index contributed by atoms with van der Waals surface area (Å²) in [6.45, 7) is 1.87. The van der Waals surface area contributed by atoms with Gasteiger partial charge >= 0.3 is 0 Å². The summed E-state index contributed by atoms with van der Waals surface area (Å²) in [5.41, 5.74) is 1.67. The Morgan fingerprint density at radius 1 is 1.04 bits per heavy atom. The molecule has 0 saturated carbocycles. The molecule has 2 amide bonds. The lowest BCUT2D eigenvalue weighted by Crippen LogP contribution is -2.29. The van der Waals surface area contributed by atoms with E-state index in [2.05, 4.69) is 5.10 Å². The van der Waals surface area contributed by atoms with E-state index in [4.69, 9.17) is 11.6 Å². The number of fused-ring (bicyclic) bond motifs is 1. The van der Waals surface area contributed by atoms with Crippen LogP contribution in [0.15, 0.2) is 48.5 Å². The molecule has 0 saturated heterocycles. The van der Waals surface area contributed by atoms with Crippen LogP contribution in [-0.4, -0.2) is 21.6 Å². The molecule has 1 aromatic heterocycles. The molecule has 0 fully saturated rings. The second-order valence-corrected chi connectivity index (χ2v) is 6.40. The third-order valence-corrected chi connectivity index (χ3v) is 4.72. The molecule has 2 heterocycles. The number of aryl methyl sites for hydroxylation is 1. The number of anilines is 1. The Kier molecular flexibility index (Phi) is 3.85. The maximum absolute atomic E-state index is 14.0. The summed E-state index contributed by atoms with van der Waals surface area (Å²) in [7, 11) is 0.